The molecule has 1 aromatic carbocycles. The fraction of sp³-hybridized carbons (Fsp3) is 0.588. The lowest BCUT2D eigenvalue weighted by molar-refractivity contribution is 0.0953. The molecule has 0 spiro atoms. The van der Waals surface area contributed by atoms with E-state index in [-0.39, 0.29) is 5.91 Å². The molecule has 1 amide bonds. The Morgan fingerprint density at radius 2 is 2.00 bits per heavy atom. The molecule has 0 aromatic heterocycles. The lowest BCUT2D eigenvalue weighted by Crippen LogP contribution is -2.25. The normalized spacial score (nSPS) is 10.7. The van der Waals surface area contributed by atoms with Gasteiger partial charge in [0.2, 0.25) is 0 Å². The van der Waals surface area contributed by atoms with Crippen LogP contribution in [-0.2, 0) is 0 Å². The van der Waals surface area contributed by atoms with Crippen LogP contribution in [0.3, 0.4) is 0 Å². The lowest BCUT2D eigenvalue weighted by atomic mass is 10.1. The molecule has 1 aromatic rings. The van der Waals surface area contributed by atoms with Gasteiger partial charge in [-0.15, -0.1) is 0 Å². The van der Waals surface area contributed by atoms with Gasteiger partial charge in [-0.2, -0.15) is 0 Å². The van der Waals surface area contributed by atoms with Crippen molar-refractivity contribution in [2.45, 2.75) is 47.0 Å². The highest BCUT2D eigenvalue weighted by molar-refractivity contribution is 5.99. The number of amides is 1. The van der Waals surface area contributed by atoms with Crippen molar-refractivity contribution < 1.29 is 4.79 Å². The highest BCUT2D eigenvalue weighted by Gasteiger charge is 2.11. The summed E-state index contributed by atoms with van der Waals surface area (Å²) in [6.07, 6.45) is 3.23. The fourth-order valence-corrected chi connectivity index (χ4v) is 2.07. The van der Waals surface area contributed by atoms with Crippen LogP contribution in [-0.4, -0.2) is 19.0 Å². The van der Waals surface area contributed by atoms with Crippen molar-refractivity contribution in [2.24, 2.45) is 5.92 Å². The molecule has 0 aliphatic rings. The quantitative estimate of drug-likeness (QED) is 0.705. The Morgan fingerprint density at radius 1 is 1.25 bits per heavy atom. The Hall–Kier alpha value is -1.51. The first-order chi connectivity index (χ1) is 9.54. The highest BCUT2D eigenvalue weighted by atomic mass is 16.1. The predicted molar refractivity (Wildman–Crippen MR) is 86.4 cm³/mol. The van der Waals surface area contributed by atoms with E-state index in [1.165, 1.54) is 0 Å². The van der Waals surface area contributed by atoms with Crippen LogP contribution in [0.1, 0.15) is 56.0 Å². The van der Waals surface area contributed by atoms with Crippen LogP contribution < -0.4 is 10.6 Å². The summed E-state index contributed by atoms with van der Waals surface area (Å²) in [6, 6.07) is 5.98. The second-order valence-electron chi connectivity index (χ2n) is 5.77. The van der Waals surface area contributed by atoms with E-state index in [9.17, 15) is 4.79 Å². The van der Waals surface area contributed by atoms with Gasteiger partial charge >= 0.3 is 0 Å². The van der Waals surface area contributed by atoms with Crippen LogP contribution in [0.2, 0.25) is 0 Å². The van der Waals surface area contributed by atoms with Gasteiger partial charge in [-0.05, 0) is 44.2 Å². The van der Waals surface area contributed by atoms with E-state index in [0.29, 0.717) is 5.92 Å². The number of rotatable bonds is 8. The van der Waals surface area contributed by atoms with Crippen molar-refractivity contribution in [3.8, 4) is 0 Å². The maximum atomic E-state index is 12.3. The van der Waals surface area contributed by atoms with Crippen molar-refractivity contribution in [1.29, 1.82) is 0 Å². The molecule has 3 nitrogen and oxygen atoms in total. The van der Waals surface area contributed by atoms with Gasteiger partial charge in [-0.1, -0.05) is 32.4 Å². The van der Waals surface area contributed by atoms with E-state index < -0.39 is 0 Å². The molecule has 0 saturated carbocycles. The second-order valence-corrected chi connectivity index (χ2v) is 5.77. The van der Waals surface area contributed by atoms with Crippen molar-refractivity contribution in [3.05, 3.63) is 29.3 Å². The average Bonchev–Trinajstić information content (AvgIpc) is 2.41. The summed E-state index contributed by atoms with van der Waals surface area (Å²) in [5, 5.41) is 6.34. The fourth-order valence-electron chi connectivity index (χ4n) is 2.07. The van der Waals surface area contributed by atoms with E-state index in [0.717, 1.165) is 49.2 Å². The van der Waals surface area contributed by atoms with Crippen LogP contribution in [0.5, 0.6) is 0 Å². The van der Waals surface area contributed by atoms with E-state index in [1.807, 2.05) is 25.1 Å². The minimum absolute atomic E-state index is 0.0241. The summed E-state index contributed by atoms with van der Waals surface area (Å²) in [5.74, 6) is 0.712. The number of anilines is 1. The number of carbonyl (C=O) groups excluding carboxylic acids is 1. The molecule has 20 heavy (non-hydrogen) atoms. The van der Waals surface area contributed by atoms with Crippen LogP contribution in [0.4, 0.5) is 5.69 Å². The first kappa shape index (κ1) is 16.5. The highest BCUT2D eigenvalue weighted by Crippen LogP contribution is 2.17. The number of nitrogens with one attached hydrogen (secondary N) is 2. The van der Waals surface area contributed by atoms with E-state index in [4.69, 9.17) is 0 Å². The van der Waals surface area contributed by atoms with Gasteiger partial charge in [0.25, 0.3) is 5.91 Å². The maximum absolute atomic E-state index is 12.3. The van der Waals surface area contributed by atoms with Crippen LogP contribution >= 0.6 is 0 Å². The molecule has 0 radical (unpaired) electrons. The van der Waals surface area contributed by atoms with Gasteiger partial charge < -0.3 is 10.6 Å². The lowest BCUT2D eigenvalue weighted by Gasteiger charge is -2.13. The first-order valence-corrected chi connectivity index (χ1v) is 7.67. The van der Waals surface area contributed by atoms with Gasteiger partial charge in [-0.3, -0.25) is 4.79 Å². The smallest absolute Gasteiger partial charge is 0.253 e. The third kappa shape index (κ3) is 5.64. The summed E-state index contributed by atoms with van der Waals surface area (Å²) in [4.78, 5) is 12.3. The Balaban J connectivity index is 2.63. The number of hydrogen-bond acceptors (Lipinski definition) is 2. The van der Waals surface area contributed by atoms with Crippen LogP contribution in [0.15, 0.2) is 18.2 Å². The zero-order valence-corrected chi connectivity index (χ0v) is 13.3. The number of hydrogen-bond donors (Lipinski definition) is 2. The number of carbonyl (C=O) groups is 1. The van der Waals surface area contributed by atoms with E-state index >= 15 is 0 Å². The molecule has 3 heteroatoms. The average molecular weight is 276 g/mol. The molecule has 1 rings (SSSR count). The predicted octanol–water partition coefficient (Wildman–Crippen LogP) is 3.98. The largest absolute Gasteiger partial charge is 0.384 e. The molecule has 0 heterocycles. The summed E-state index contributed by atoms with van der Waals surface area (Å²) in [7, 11) is 0. The summed E-state index contributed by atoms with van der Waals surface area (Å²) >= 11 is 0. The van der Waals surface area contributed by atoms with Crippen LogP contribution in [0, 0.1) is 12.8 Å². The zero-order chi connectivity index (χ0) is 15.0. The van der Waals surface area contributed by atoms with Crippen molar-refractivity contribution in [1.82, 2.24) is 5.32 Å². The minimum Gasteiger partial charge on any atom is -0.384 e. The molecule has 112 valence electrons. The van der Waals surface area contributed by atoms with Gasteiger partial charge in [0.15, 0.2) is 0 Å². The Kier molecular flexibility index (Phi) is 7.13. The molecule has 0 aliphatic heterocycles. The minimum atomic E-state index is 0.0241. The van der Waals surface area contributed by atoms with Crippen molar-refractivity contribution in [2.75, 3.05) is 18.4 Å². The maximum Gasteiger partial charge on any atom is 0.253 e. The van der Waals surface area contributed by atoms with Gasteiger partial charge in [0.1, 0.15) is 0 Å². The summed E-state index contributed by atoms with van der Waals surface area (Å²) in [6.45, 7) is 10.2. The topological polar surface area (TPSA) is 41.1 Å². The zero-order valence-electron chi connectivity index (χ0n) is 13.3. The molecule has 2 N–H and O–H groups in total. The third-order valence-electron chi connectivity index (χ3n) is 3.23. The number of benzene rings is 1. The molecular weight excluding hydrogens is 248 g/mol. The molecule has 0 atom stereocenters. The Bertz CT molecular complexity index is 427. The van der Waals surface area contributed by atoms with E-state index in [1.54, 1.807) is 0 Å². The Morgan fingerprint density at radius 3 is 2.65 bits per heavy atom. The molecular formula is C17H28N2O. The molecule has 0 unspecified atom stereocenters. The van der Waals surface area contributed by atoms with Gasteiger partial charge in [0, 0.05) is 18.8 Å². The summed E-state index contributed by atoms with van der Waals surface area (Å²) in [5.41, 5.74) is 2.79. The van der Waals surface area contributed by atoms with Crippen molar-refractivity contribution in [3.63, 3.8) is 0 Å². The second kappa shape index (κ2) is 8.62. The molecule has 0 saturated heterocycles. The Labute approximate surface area is 123 Å². The van der Waals surface area contributed by atoms with E-state index in [2.05, 4.69) is 31.4 Å². The standard InChI is InChI=1S/C17H28N2O/c1-5-10-18-16-9-8-14(4)12-15(16)17(20)19-11-6-7-13(2)3/h8-9,12-13,18H,5-7,10-11H2,1-4H3,(H,19,20). The monoisotopic (exact) mass is 276 g/mol. The first-order valence-electron chi connectivity index (χ1n) is 7.67. The van der Waals surface area contributed by atoms with Crippen molar-refractivity contribution >= 4 is 11.6 Å². The van der Waals surface area contributed by atoms with Gasteiger partial charge in [0.05, 0.1) is 5.56 Å². The molecule has 0 aliphatic carbocycles. The molecule has 0 bridgehead atoms. The molecule has 0 fully saturated rings. The SMILES string of the molecule is CCCNc1ccc(C)cc1C(=O)NCCCC(C)C. The van der Waals surface area contributed by atoms with Gasteiger partial charge in [-0.25, -0.2) is 0 Å². The third-order valence-corrected chi connectivity index (χ3v) is 3.23. The van der Waals surface area contributed by atoms with Crippen LogP contribution in [0.25, 0.3) is 0 Å². The summed E-state index contributed by atoms with van der Waals surface area (Å²) < 4.78 is 0. The number of aryl methyl sites for hydroxylation is 1.